The van der Waals surface area contributed by atoms with Crippen molar-refractivity contribution in [3.63, 3.8) is 0 Å². The molecule has 3 rings (SSSR count). The van der Waals surface area contributed by atoms with Gasteiger partial charge < -0.3 is 25.9 Å². The lowest BCUT2D eigenvalue weighted by Gasteiger charge is -2.58. The number of carbonyl (C=O) groups excluding carboxylic acids is 1. The van der Waals surface area contributed by atoms with Crippen LogP contribution in [0.5, 0.6) is 0 Å². The number of oxime groups is 1. The molecule has 3 saturated carbocycles. The quantitative estimate of drug-likeness (QED) is 0.172. The van der Waals surface area contributed by atoms with E-state index in [-0.39, 0.29) is 22.9 Å². The molecule has 9 heteroatoms. The van der Waals surface area contributed by atoms with Gasteiger partial charge in [-0.2, -0.15) is 0 Å². The summed E-state index contributed by atoms with van der Waals surface area (Å²) in [6.07, 6.45) is 11.8. The fourth-order valence-corrected chi connectivity index (χ4v) is 7.00. The third-order valence-electron chi connectivity index (χ3n) is 9.01. The highest BCUT2D eigenvalue weighted by Gasteiger charge is 2.58. The van der Waals surface area contributed by atoms with Gasteiger partial charge in [-0.1, -0.05) is 32.3 Å². The van der Waals surface area contributed by atoms with E-state index >= 15 is 0 Å². The van der Waals surface area contributed by atoms with Crippen molar-refractivity contribution < 1.29 is 34.5 Å². The molecule has 0 spiro atoms. The summed E-state index contributed by atoms with van der Waals surface area (Å²) < 4.78 is 0. The highest BCUT2D eigenvalue weighted by Crippen LogP contribution is 2.61. The molecule has 200 valence electrons. The second-order valence-electron chi connectivity index (χ2n) is 11.0. The molecule has 0 heterocycles. The molecule has 3 fully saturated rings. The summed E-state index contributed by atoms with van der Waals surface area (Å²) in [7, 11) is 0. The second-order valence-corrected chi connectivity index (χ2v) is 11.0. The van der Waals surface area contributed by atoms with Crippen LogP contribution in [-0.2, 0) is 19.2 Å². The summed E-state index contributed by atoms with van der Waals surface area (Å²) in [5.41, 5.74) is 5.42. The van der Waals surface area contributed by atoms with Gasteiger partial charge in [-0.3, -0.25) is 4.79 Å². The van der Waals surface area contributed by atoms with E-state index in [9.17, 15) is 9.90 Å². The predicted octanol–water partition coefficient (Wildman–Crippen LogP) is 3.47. The van der Waals surface area contributed by atoms with Crippen LogP contribution in [-0.4, -0.2) is 58.5 Å². The van der Waals surface area contributed by atoms with Crippen LogP contribution in [0.3, 0.4) is 0 Å². The van der Waals surface area contributed by atoms with Crippen molar-refractivity contribution in [2.75, 3.05) is 13.2 Å². The Hall–Kier alpha value is -2.00. The highest BCUT2D eigenvalue weighted by molar-refractivity contribution is 6.27. The van der Waals surface area contributed by atoms with Crippen LogP contribution in [0.2, 0.25) is 0 Å². The number of nitrogens with zero attached hydrogens (tertiary/aromatic N) is 1. The van der Waals surface area contributed by atoms with Gasteiger partial charge in [0.1, 0.15) is 12.4 Å². The molecule has 0 aromatic rings. The topological polar surface area (TPSA) is 160 Å². The van der Waals surface area contributed by atoms with Crippen LogP contribution in [0.4, 0.5) is 0 Å². The summed E-state index contributed by atoms with van der Waals surface area (Å²) in [6.45, 7) is 7.74. The maximum absolute atomic E-state index is 13.9. The van der Waals surface area contributed by atoms with Gasteiger partial charge in [0.2, 0.25) is 0 Å². The number of rotatable bonds is 8. The molecule has 3 aliphatic rings. The van der Waals surface area contributed by atoms with Crippen LogP contribution < -0.4 is 5.73 Å². The Morgan fingerprint density at radius 2 is 1.86 bits per heavy atom. The number of ketones is 1. The maximum Gasteiger partial charge on any atom is 0.414 e. The summed E-state index contributed by atoms with van der Waals surface area (Å²) in [6, 6.07) is 0. The minimum atomic E-state index is -1.82. The highest BCUT2D eigenvalue weighted by atomic mass is 16.6. The predicted molar refractivity (Wildman–Crippen MR) is 132 cm³/mol. The van der Waals surface area contributed by atoms with Crippen LogP contribution in [0.25, 0.3) is 0 Å². The number of carboxylic acids is 2. The normalized spacial score (nSPS) is 35.3. The minimum Gasteiger partial charge on any atom is -0.473 e. The zero-order valence-corrected chi connectivity index (χ0v) is 21.4. The Kier molecular flexibility index (Phi) is 10.7. The van der Waals surface area contributed by atoms with Crippen molar-refractivity contribution in [3.05, 3.63) is 0 Å². The lowest BCUT2D eigenvalue weighted by atomic mass is 9.45. The first-order chi connectivity index (χ1) is 16.5. The molecular weight excluding hydrogens is 452 g/mol. The third-order valence-corrected chi connectivity index (χ3v) is 9.01. The van der Waals surface area contributed by atoms with E-state index in [0.717, 1.165) is 64.2 Å². The first-order valence-electron chi connectivity index (χ1n) is 13.0. The van der Waals surface area contributed by atoms with E-state index in [0.29, 0.717) is 36.7 Å². The van der Waals surface area contributed by atoms with E-state index < -0.39 is 11.9 Å². The molecule has 0 bridgehead atoms. The number of fused-ring (bicyclic) bond motifs is 3. The Bertz CT molecular complexity index is 761. The fourth-order valence-electron chi connectivity index (χ4n) is 7.00. The number of aliphatic hydroxyl groups is 1. The van der Waals surface area contributed by atoms with Crippen molar-refractivity contribution in [2.45, 2.75) is 91.1 Å². The van der Waals surface area contributed by atoms with Gasteiger partial charge in [0.05, 0.1) is 6.10 Å². The van der Waals surface area contributed by atoms with Gasteiger partial charge in [-0.05, 0) is 81.0 Å². The van der Waals surface area contributed by atoms with Crippen molar-refractivity contribution in [3.8, 4) is 0 Å². The monoisotopic (exact) mass is 496 g/mol. The van der Waals surface area contributed by atoms with Crippen LogP contribution in [0, 0.1) is 34.5 Å². The molecule has 0 amide bonds. The first kappa shape index (κ1) is 29.2. The Labute approximate surface area is 208 Å². The molecule has 5 N–H and O–H groups in total. The molecule has 3 aliphatic carbocycles. The van der Waals surface area contributed by atoms with Gasteiger partial charge >= 0.3 is 11.9 Å². The lowest BCUT2D eigenvalue weighted by molar-refractivity contribution is -0.159. The number of hydrogen-bond acceptors (Lipinski definition) is 7. The van der Waals surface area contributed by atoms with Gasteiger partial charge in [-0.15, -0.1) is 0 Å². The smallest absolute Gasteiger partial charge is 0.414 e. The largest absolute Gasteiger partial charge is 0.473 e. The molecule has 0 saturated heterocycles. The van der Waals surface area contributed by atoms with Gasteiger partial charge in [0, 0.05) is 24.1 Å². The number of carboxylic acid groups (broad SMARTS) is 2. The number of Topliss-reactive ketones (excluding diaryl/α,β-unsaturated/α-hetero) is 1. The zero-order chi connectivity index (χ0) is 26.2. The summed E-state index contributed by atoms with van der Waals surface area (Å²) in [5.74, 6) is -1.53. The van der Waals surface area contributed by atoms with Gasteiger partial charge in [0.15, 0.2) is 0 Å². The number of carbonyl (C=O) groups is 3. The van der Waals surface area contributed by atoms with E-state index in [1.165, 1.54) is 0 Å². The zero-order valence-electron chi connectivity index (χ0n) is 21.4. The Morgan fingerprint density at radius 3 is 2.46 bits per heavy atom. The molecule has 9 nitrogen and oxygen atoms in total. The second kappa shape index (κ2) is 12.8. The molecular formula is C26H44N2O7. The Balaban J connectivity index is 0.000000641. The average molecular weight is 497 g/mol. The van der Waals surface area contributed by atoms with Crippen molar-refractivity contribution in [1.82, 2.24) is 0 Å². The summed E-state index contributed by atoms with van der Waals surface area (Å²) in [5, 5.41) is 29.0. The van der Waals surface area contributed by atoms with Crippen molar-refractivity contribution in [2.24, 2.45) is 45.4 Å². The molecule has 35 heavy (non-hydrogen) atoms. The Morgan fingerprint density at radius 1 is 1.17 bits per heavy atom. The lowest BCUT2D eigenvalue weighted by Crippen LogP contribution is -2.56. The first-order valence-corrected chi connectivity index (χ1v) is 13.0. The van der Waals surface area contributed by atoms with Crippen LogP contribution in [0.15, 0.2) is 5.16 Å². The third kappa shape index (κ3) is 6.82. The number of hydrogen-bond donors (Lipinski definition) is 4. The molecule has 0 aliphatic heterocycles. The number of aliphatic carboxylic acids is 2. The van der Waals surface area contributed by atoms with Crippen LogP contribution in [0.1, 0.15) is 85.0 Å². The number of nitrogens with two attached hydrogens (primary N) is 1. The van der Waals surface area contributed by atoms with E-state index in [1.807, 2.05) is 6.21 Å². The minimum absolute atomic E-state index is 0.135. The fraction of sp³-hybridized carbons (Fsp3) is 0.846. The molecule has 7 atom stereocenters. The average Bonchev–Trinajstić information content (AvgIpc) is 2.81. The van der Waals surface area contributed by atoms with E-state index in [2.05, 4.69) is 25.9 Å². The van der Waals surface area contributed by atoms with E-state index in [4.69, 9.17) is 30.4 Å². The maximum atomic E-state index is 13.9. The molecule has 0 aromatic heterocycles. The standard InChI is InChI=1S/C24H42N2O3.C2H2O4/c1-4-5-17(10-14-26-29-15-13-25)24(3)12-9-21-20(22(24)28)7-6-18-16-19(27)8-11-23(18,21)2;3-1(4)2(5)6/h14,17-21,27H,4-13,15-16,25H2,1-3H3;(H,3,4)(H,5,6)/b26-14-;/t17-,18+,19-,20+,21-,23-,24+;/m0./s1. The van der Waals surface area contributed by atoms with Crippen LogP contribution >= 0.6 is 0 Å². The van der Waals surface area contributed by atoms with E-state index in [1.54, 1.807) is 0 Å². The molecule has 0 aromatic carbocycles. The van der Waals surface area contributed by atoms with Crippen molar-refractivity contribution in [1.29, 1.82) is 0 Å². The summed E-state index contributed by atoms with van der Waals surface area (Å²) >= 11 is 0. The van der Waals surface area contributed by atoms with Crippen molar-refractivity contribution >= 4 is 23.9 Å². The number of aliphatic hydroxyl groups excluding tert-OH is 1. The SMILES string of the molecule is CCC[C@@H](C/C=N\OCCN)[C@@]1(C)CC[C@H]2[C@@H](CC[C@@H]3C[C@@H](O)CC[C@@]32C)C1=O.O=C(O)C(=O)O. The molecule has 0 radical (unpaired) electrons. The molecule has 0 unspecified atom stereocenters. The summed E-state index contributed by atoms with van der Waals surface area (Å²) in [4.78, 5) is 37.2. The van der Waals surface area contributed by atoms with Gasteiger partial charge in [-0.25, -0.2) is 9.59 Å². The van der Waals surface area contributed by atoms with Gasteiger partial charge in [0.25, 0.3) is 0 Å².